The molecule has 3 heterocycles. The molecule has 0 unspecified atom stereocenters. The van der Waals surface area contributed by atoms with Gasteiger partial charge in [-0.25, -0.2) is 0 Å². The number of Topliss-reactive ketones (excluding diaryl/α,β-unsaturated/α-hetero) is 1. The highest BCUT2D eigenvalue weighted by Gasteiger charge is 2.19. The van der Waals surface area contributed by atoms with Gasteiger partial charge in [0.05, 0.1) is 5.69 Å². The fourth-order valence-electron chi connectivity index (χ4n) is 2.95. The van der Waals surface area contributed by atoms with E-state index < -0.39 is 0 Å². The molecule has 0 saturated carbocycles. The van der Waals surface area contributed by atoms with Crippen LogP contribution in [0.1, 0.15) is 54.9 Å². The molecule has 4 heteroatoms. The maximum absolute atomic E-state index is 13.0. The molecule has 0 fully saturated rings. The Bertz CT molecular complexity index is 844. The monoisotopic (exact) mass is 338 g/mol. The number of pyridine rings is 1. The first-order valence-electron chi connectivity index (χ1n) is 8.46. The minimum absolute atomic E-state index is 0.0330. The van der Waals surface area contributed by atoms with Crippen LogP contribution in [0.3, 0.4) is 0 Å². The number of aromatic amines is 1. The van der Waals surface area contributed by atoms with Gasteiger partial charge in [0.25, 0.3) is 0 Å². The Kier molecular flexibility index (Phi) is 5.26. The third kappa shape index (κ3) is 3.34. The Hall–Kier alpha value is -2.20. The van der Waals surface area contributed by atoms with Crippen LogP contribution in [0.15, 0.2) is 41.9 Å². The summed E-state index contributed by atoms with van der Waals surface area (Å²) >= 11 is 1.62. The molecule has 1 N–H and O–H groups in total. The van der Waals surface area contributed by atoms with Gasteiger partial charge in [-0.15, -0.1) is 11.3 Å². The van der Waals surface area contributed by atoms with E-state index in [1.807, 2.05) is 48.8 Å². The maximum Gasteiger partial charge on any atom is 0.209 e. The normalized spacial score (nSPS) is 12.0. The SMILES string of the molecule is C/C=C(/C(=O)c1cc2ccsc2[nH]1)c1cccnc1CCCCC. The van der Waals surface area contributed by atoms with Gasteiger partial charge in [-0.2, -0.15) is 0 Å². The lowest BCUT2D eigenvalue weighted by molar-refractivity contribution is 0.105. The van der Waals surface area contributed by atoms with E-state index in [0.717, 1.165) is 39.9 Å². The van der Waals surface area contributed by atoms with E-state index in [-0.39, 0.29) is 5.78 Å². The summed E-state index contributed by atoms with van der Waals surface area (Å²) in [6.45, 7) is 4.11. The Morgan fingerprint density at radius 1 is 1.33 bits per heavy atom. The molecule has 3 nitrogen and oxygen atoms in total. The molecule has 24 heavy (non-hydrogen) atoms. The molecule has 0 aliphatic carbocycles. The Morgan fingerprint density at radius 3 is 2.96 bits per heavy atom. The first-order chi connectivity index (χ1) is 11.7. The number of allylic oxidation sites excluding steroid dienone is 2. The molecule has 0 aromatic carbocycles. The van der Waals surface area contributed by atoms with Crippen molar-refractivity contribution >= 4 is 32.9 Å². The number of nitrogens with one attached hydrogen (secondary N) is 1. The average molecular weight is 338 g/mol. The predicted octanol–water partition coefficient (Wildman–Crippen LogP) is 5.64. The van der Waals surface area contributed by atoms with Crippen LogP contribution in [0, 0.1) is 0 Å². The standard InChI is InChI=1S/C20H22N2OS/c1-3-5-6-9-17-16(8-7-11-21-17)15(4-2)19(23)18-13-14-10-12-24-20(14)22-18/h4,7-8,10-13,22H,3,5-6,9H2,1-2H3/b15-4+. The fourth-order valence-corrected chi connectivity index (χ4v) is 3.73. The van der Waals surface area contributed by atoms with Crippen molar-refractivity contribution < 1.29 is 4.79 Å². The molecule has 3 aromatic heterocycles. The first-order valence-corrected chi connectivity index (χ1v) is 9.34. The van der Waals surface area contributed by atoms with Crippen LogP contribution in [0.5, 0.6) is 0 Å². The van der Waals surface area contributed by atoms with Gasteiger partial charge in [0.15, 0.2) is 0 Å². The molecule has 0 aliphatic rings. The van der Waals surface area contributed by atoms with E-state index >= 15 is 0 Å². The van der Waals surface area contributed by atoms with Crippen molar-refractivity contribution in [2.75, 3.05) is 0 Å². The molecule has 0 atom stereocenters. The summed E-state index contributed by atoms with van der Waals surface area (Å²) in [6.07, 6.45) is 8.09. The summed E-state index contributed by atoms with van der Waals surface area (Å²) in [5.74, 6) is 0.0330. The quantitative estimate of drug-likeness (QED) is 0.344. The smallest absolute Gasteiger partial charge is 0.209 e. The molecule has 0 bridgehead atoms. The van der Waals surface area contributed by atoms with Crippen molar-refractivity contribution in [3.8, 4) is 0 Å². The highest BCUT2D eigenvalue weighted by Crippen LogP contribution is 2.27. The number of thiophene rings is 1. The van der Waals surface area contributed by atoms with Crippen LogP contribution < -0.4 is 0 Å². The number of hydrogen-bond donors (Lipinski definition) is 1. The second-order valence-electron chi connectivity index (χ2n) is 5.87. The largest absolute Gasteiger partial charge is 0.344 e. The van der Waals surface area contributed by atoms with E-state index in [9.17, 15) is 4.79 Å². The highest BCUT2D eigenvalue weighted by atomic mass is 32.1. The Labute approximate surface area is 146 Å². The minimum atomic E-state index is 0.0330. The van der Waals surface area contributed by atoms with Crippen molar-refractivity contribution in [3.05, 3.63) is 58.9 Å². The van der Waals surface area contributed by atoms with E-state index in [4.69, 9.17) is 0 Å². The second kappa shape index (κ2) is 7.58. The van der Waals surface area contributed by atoms with Crippen LogP contribution in [-0.4, -0.2) is 15.8 Å². The molecular formula is C20H22N2OS. The van der Waals surface area contributed by atoms with E-state index in [2.05, 4.69) is 16.9 Å². The molecule has 0 aliphatic heterocycles. The topological polar surface area (TPSA) is 45.8 Å². The van der Waals surface area contributed by atoms with E-state index in [0.29, 0.717) is 5.69 Å². The Balaban J connectivity index is 1.91. The Morgan fingerprint density at radius 2 is 2.21 bits per heavy atom. The van der Waals surface area contributed by atoms with Gasteiger partial charge in [0.2, 0.25) is 5.78 Å². The lowest BCUT2D eigenvalue weighted by Crippen LogP contribution is -2.07. The highest BCUT2D eigenvalue weighted by molar-refractivity contribution is 7.16. The van der Waals surface area contributed by atoms with Crippen molar-refractivity contribution in [2.45, 2.75) is 39.5 Å². The summed E-state index contributed by atoms with van der Waals surface area (Å²) < 4.78 is 0. The van der Waals surface area contributed by atoms with E-state index in [1.165, 1.54) is 12.8 Å². The molecule has 0 amide bonds. The van der Waals surface area contributed by atoms with Gasteiger partial charge in [-0.05, 0) is 43.3 Å². The number of ketones is 1. The van der Waals surface area contributed by atoms with Gasteiger partial charge in [0.1, 0.15) is 4.83 Å². The molecule has 0 radical (unpaired) electrons. The summed E-state index contributed by atoms with van der Waals surface area (Å²) in [4.78, 5) is 21.8. The van der Waals surface area contributed by atoms with Crippen molar-refractivity contribution in [1.82, 2.24) is 9.97 Å². The predicted molar refractivity (Wildman–Crippen MR) is 102 cm³/mol. The third-order valence-corrected chi connectivity index (χ3v) is 5.06. The zero-order chi connectivity index (χ0) is 16.9. The average Bonchev–Trinajstić information content (AvgIpc) is 3.18. The minimum Gasteiger partial charge on any atom is -0.344 e. The van der Waals surface area contributed by atoms with Gasteiger partial charge >= 0.3 is 0 Å². The van der Waals surface area contributed by atoms with Crippen molar-refractivity contribution in [2.24, 2.45) is 0 Å². The summed E-state index contributed by atoms with van der Waals surface area (Å²) in [7, 11) is 0. The number of carbonyl (C=O) groups excluding carboxylic acids is 1. The number of unbranched alkanes of at least 4 members (excludes halogenated alkanes) is 2. The van der Waals surface area contributed by atoms with E-state index in [1.54, 1.807) is 11.3 Å². The number of nitrogens with zero attached hydrogens (tertiary/aromatic N) is 1. The van der Waals surface area contributed by atoms with Crippen LogP contribution in [0.25, 0.3) is 15.8 Å². The van der Waals surface area contributed by atoms with Crippen molar-refractivity contribution in [1.29, 1.82) is 0 Å². The van der Waals surface area contributed by atoms with Gasteiger partial charge < -0.3 is 4.98 Å². The molecule has 3 rings (SSSR count). The zero-order valence-electron chi connectivity index (χ0n) is 14.1. The molecule has 0 saturated heterocycles. The lowest BCUT2D eigenvalue weighted by Gasteiger charge is -2.11. The van der Waals surface area contributed by atoms with Gasteiger partial charge in [-0.3, -0.25) is 9.78 Å². The third-order valence-electron chi connectivity index (χ3n) is 4.22. The molecule has 124 valence electrons. The number of rotatable bonds is 7. The number of aromatic nitrogens is 2. The lowest BCUT2D eigenvalue weighted by atomic mass is 9.96. The fraction of sp³-hybridized carbons (Fsp3) is 0.300. The second-order valence-corrected chi connectivity index (χ2v) is 6.79. The maximum atomic E-state index is 13.0. The molecular weight excluding hydrogens is 316 g/mol. The molecule has 0 spiro atoms. The van der Waals surface area contributed by atoms with Gasteiger partial charge in [0, 0.05) is 28.4 Å². The van der Waals surface area contributed by atoms with Gasteiger partial charge in [-0.1, -0.05) is 31.9 Å². The number of hydrogen-bond acceptors (Lipinski definition) is 3. The summed E-state index contributed by atoms with van der Waals surface area (Å²) in [5.41, 5.74) is 3.34. The number of carbonyl (C=O) groups is 1. The van der Waals surface area contributed by atoms with Crippen LogP contribution in [0.2, 0.25) is 0 Å². The molecule has 3 aromatic rings. The van der Waals surface area contributed by atoms with Crippen molar-refractivity contribution in [3.63, 3.8) is 0 Å². The zero-order valence-corrected chi connectivity index (χ0v) is 15.0. The van der Waals surface area contributed by atoms with Crippen LogP contribution in [0.4, 0.5) is 0 Å². The number of aryl methyl sites for hydroxylation is 1. The number of H-pyrrole nitrogens is 1. The van der Waals surface area contributed by atoms with Crippen LogP contribution in [-0.2, 0) is 6.42 Å². The summed E-state index contributed by atoms with van der Waals surface area (Å²) in [5, 5.41) is 3.12. The number of fused-ring (bicyclic) bond motifs is 1. The van der Waals surface area contributed by atoms with Crippen LogP contribution >= 0.6 is 11.3 Å². The summed E-state index contributed by atoms with van der Waals surface area (Å²) in [6, 6.07) is 7.88. The first kappa shape index (κ1) is 16.7.